The van der Waals surface area contributed by atoms with E-state index in [1.54, 1.807) is 24.3 Å². The highest BCUT2D eigenvalue weighted by Crippen LogP contribution is 2.17. The van der Waals surface area contributed by atoms with Crippen LogP contribution in [0.3, 0.4) is 0 Å². The van der Waals surface area contributed by atoms with Crippen molar-refractivity contribution in [2.45, 2.75) is 31.4 Å². The van der Waals surface area contributed by atoms with Gasteiger partial charge in [0.15, 0.2) is 0 Å². The molecule has 0 radical (unpaired) electrons. The number of hydrogen-bond acceptors (Lipinski definition) is 3. The summed E-state index contributed by atoms with van der Waals surface area (Å²) in [6.45, 7) is 0.542. The van der Waals surface area contributed by atoms with Crippen molar-refractivity contribution < 1.29 is 19.4 Å². The summed E-state index contributed by atoms with van der Waals surface area (Å²) >= 11 is 6.01. The van der Waals surface area contributed by atoms with Crippen molar-refractivity contribution in [3.05, 3.63) is 34.9 Å². The van der Waals surface area contributed by atoms with Crippen LogP contribution in [0.2, 0.25) is 5.02 Å². The van der Waals surface area contributed by atoms with E-state index in [4.69, 9.17) is 16.3 Å². The fourth-order valence-corrected chi connectivity index (χ4v) is 2.35. The highest BCUT2D eigenvalue weighted by Gasteiger charge is 2.28. The van der Waals surface area contributed by atoms with Gasteiger partial charge in [0.2, 0.25) is 5.91 Å². The predicted octanol–water partition coefficient (Wildman–Crippen LogP) is 1.63. The summed E-state index contributed by atoms with van der Waals surface area (Å²) < 4.78 is 5.24. The Kier molecular flexibility index (Phi) is 4.98. The summed E-state index contributed by atoms with van der Waals surface area (Å²) in [7, 11) is 0. The molecule has 1 amide bonds. The van der Waals surface area contributed by atoms with Gasteiger partial charge in [0.1, 0.15) is 12.1 Å². The quantitative estimate of drug-likeness (QED) is 0.866. The van der Waals surface area contributed by atoms with Crippen LogP contribution in [0.25, 0.3) is 0 Å². The average molecular weight is 298 g/mol. The topological polar surface area (TPSA) is 75.6 Å². The van der Waals surface area contributed by atoms with E-state index >= 15 is 0 Å². The van der Waals surface area contributed by atoms with Crippen LogP contribution >= 0.6 is 11.6 Å². The third-order valence-corrected chi connectivity index (χ3v) is 3.59. The van der Waals surface area contributed by atoms with Crippen molar-refractivity contribution in [3.8, 4) is 0 Å². The molecule has 108 valence electrons. The van der Waals surface area contributed by atoms with Gasteiger partial charge in [0.25, 0.3) is 0 Å². The standard InChI is InChI=1S/C14H16ClNO4/c15-10-5-2-1-4-9(10)8-11(14(18)19)16-13(17)12-6-3-7-20-12/h1-2,4-5,11-12H,3,6-8H2,(H,16,17)(H,18,19)/t11-,12-/m1/s1. The molecule has 0 spiro atoms. The molecule has 0 aromatic heterocycles. The van der Waals surface area contributed by atoms with Gasteiger partial charge in [-0.05, 0) is 24.5 Å². The number of carbonyl (C=O) groups is 2. The minimum absolute atomic E-state index is 0.146. The monoisotopic (exact) mass is 297 g/mol. The summed E-state index contributed by atoms with van der Waals surface area (Å²) in [6, 6.07) is 5.98. The lowest BCUT2D eigenvalue weighted by atomic mass is 10.1. The molecule has 6 heteroatoms. The molecule has 0 saturated carbocycles. The minimum Gasteiger partial charge on any atom is -0.480 e. The normalized spacial score (nSPS) is 19.6. The first-order chi connectivity index (χ1) is 9.58. The second-order valence-corrected chi connectivity index (χ2v) is 5.10. The molecule has 2 atom stereocenters. The Balaban J connectivity index is 2.02. The number of carboxylic acid groups (broad SMARTS) is 1. The molecule has 1 aromatic carbocycles. The van der Waals surface area contributed by atoms with E-state index < -0.39 is 18.1 Å². The maximum Gasteiger partial charge on any atom is 0.326 e. The summed E-state index contributed by atoms with van der Waals surface area (Å²) in [5.41, 5.74) is 0.689. The Labute approximate surface area is 121 Å². The van der Waals surface area contributed by atoms with Crippen LogP contribution in [0, 0.1) is 0 Å². The highest BCUT2D eigenvalue weighted by atomic mass is 35.5. The van der Waals surface area contributed by atoms with Crippen LogP contribution in [-0.4, -0.2) is 35.7 Å². The lowest BCUT2D eigenvalue weighted by Gasteiger charge is -2.17. The van der Waals surface area contributed by atoms with Crippen LogP contribution in [-0.2, 0) is 20.7 Å². The molecule has 5 nitrogen and oxygen atoms in total. The average Bonchev–Trinajstić information content (AvgIpc) is 2.94. The molecular formula is C14H16ClNO4. The third-order valence-electron chi connectivity index (χ3n) is 3.22. The molecule has 2 rings (SSSR count). The Morgan fingerprint density at radius 3 is 2.80 bits per heavy atom. The lowest BCUT2D eigenvalue weighted by Crippen LogP contribution is -2.46. The summed E-state index contributed by atoms with van der Waals surface area (Å²) in [6.07, 6.45) is 1.06. The zero-order valence-corrected chi connectivity index (χ0v) is 11.6. The third kappa shape index (κ3) is 3.71. The molecule has 1 aromatic rings. The van der Waals surface area contributed by atoms with Crippen molar-refractivity contribution >= 4 is 23.5 Å². The summed E-state index contributed by atoms with van der Waals surface area (Å²) in [4.78, 5) is 23.2. The fourth-order valence-electron chi connectivity index (χ4n) is 2.13. The van der Waals surface area contributed by atoms with Crippen molar-refractivity contribution in [1.82, 2.24) is 5.32 Å². The first-order valence-corrected chi connectivity index (χ1v) is 6.84. The number of carboxylic acids is 1. The number of aliphatic carboxylic acids is 1. The van der Waals surface area contributed by atoms with Crippen molar-refractivity contribution in [1.29, 1.82) is 0 Å². The molecule has 0 aliphatic carbocycles. The van der Waals surface area contributed by atoms with Crippen molar-refractivity contribution in [3.63, 3.8) is 0 Å². The van der Waals surface area contributed by atoms with E-state index in [2.05, 4.69) is 5.32 Å². The Morgan fingerprint density at radius 2 is 2.20 bits per heavy atom. The van der Waals surface area contributed by atoms with Crippen molar-refractivity contribution in [2.24, 2.45) is 0 Å². The largest absolute Gasteiger partial charge is 0.480 e. The second-order valence-electron chi connectivity index (χ2n) is 4.70. The number of hydrogen-bond donors (Lipinski definition) is 2. The van der Waals surface area contributed by atoms with E-state index in [0.29, 0.717) is 23.6 Å². The maximum absolute atomic E-state index is 11.9. The molecule has 1 fully saturated rings. The van der Waals surface area contributed by atoms with Gasteiger partial charge in [-0.2, -0.15) is 0 Å². The SMILES string of the molecule is O=C(O)[C@@H](Cc1ccccc1Cl)NC(=O)[C@H]1CCCO1. The Hall–Kier alpha value is -1.59. The predicted molar refractivity (Wildman–Crippen MR) is 73.7 cm³/mol. The zero-order chi connectivity index (χ0) is 14.5. The first kappa shape index (κ1) is 14.8. The Bertz CT molecular complexity index is 500. The van der Waals surface area contributed by atoms with Gasteiger partial charge in [0.05, 0.1) is 0 Å². The molecule has 1 aliphatic rings. The minimum atomic E-state index is -1.09. The molecule has 1 aliphatic heterocycles. The molecule has 1 heterocycles. The molecule has 1 saturated heterocycles. The highest BCUT2D eigenvalue weighted by molar-refractivity contribution is 6.31. The van der Waals surface area contributed by atoms with Gasteiger partial charge < -0.3 is 15.2 Å². The van der Waals surface area contributed by atoms with E-state index in [1.807, 2.05) is 0 Å². The zero-order valence-electron chi connectivity index (χ0n) is 10.8. The molecule has 20 heavy (non-hydrogen) atoms. The van der Waals surface area contributed by atoms with Crippen LogP contribution in [0.1, 0.15) is 18.4 Å². The number of amides is 1. The number of nitrogens with one attached hydrogen (secondary N) is 1. The number of carbonyl (C=O) groups excluding carboxylic acids is 1. The fraction of sp³-hybridized carbons (Fsp3) is 0.429. The van der Waals surface area contributed by atoms with Crippen LogP contribution in [0.15, 0.2) is 24.3 Å². The van der Waals surface area contributed by atoms with Gasteiger partial charge in [-0.3, -0.25) is 4.79 Å². The van der Waals surface area contributed by atoms with E-state index in [1.165, 1.54) is 0 Å². The number of benzene rings is 1. The van der Waals surface area contributed by atoms with E-state index in [0.717, 1.165) is 6.42 Å². The second kappa shape index (κ2) is 6.72. The van der Waals surface area contributed by atoms with Crippen LogP contribution in [0.4, 0.5) is 0 Å². The summed E-state index contributed by atoms with van der Waals surface area (Å²) in [5.74, 6) is -1.46. The molecule has 2 N–H and O–H groups in total. The number of rotatable bonds is 5. The number of ether oxygens (including phenoxy) is 1. The summed E-state index contributed by atoms with van der Waals surface area (Å²) in [5, 5.41) is 12.2. The van der Waals surface area contributed by atoms with Gasteiger partial charge in [-0.25, -0.2) is 4.79 Å². The Morgan fingerprint density at radius 1 is 1.45 bits per heavy atom. The van der Waals surface area contributed by atoms with Gasteiger partial charge in [-0.1, -0.05) is 29.8 Å². The maximum atomic E-state index is 11.9. The van der Waals surface area contributed by atoms with E-state index in [9.17, 15) is 14.7 Å². The van der Waals surface area contributed by atoms with Gasteiger partial charge in [-0.15, -0.1) is 0 Å². The van der Waals surface area contributed by atoms with Crippen LogP contribution < -0.4 is 5.32 Å². The first-order valence-electron chi connectivity index (χ1n) is 6.46. The van der Waals surface area contributed by atoms with Crippen molar-refractivity contribution in [2.75, 3.05) is 6.61 Å². The molecule has 0 unspecified atom stereocenters. The smallest absolute Gasteiger partial charge is 0.326 e. The van der Waals surface area contributed by atoms with Crippen LogP contribution in [0.5, 0.6) is 0 Å². The lowest BCUT2D eigenvalue weighted by molar-refractivity contribution is -0.143. The van der Waals surface area contributed by atoms with Gasteiger partial charge >= 0.3 is 5.97 Å². The van der Waals surface area contributed by atoms with E-state index in [-0.39, 0.29) is 12.3 Å². The molecular weight excluding hydrogens is 282 g/mol. The number of halogens is 1. The molecule has 0 bridgehead atoms. The van der Waals surface area contributed by atoms with Gasteiger partial charge in [0, 0.05) is 18.1 Å².